The summed E-state index contributed by atoms with van der Waals surface area (Å²) in [7, 11) is 0. The number of fused-ring (bicyclic) bond motifs is 3. The van der Waals surface area contributed by atoms with Crippen molar-refractivity contribution in [2.75, 3.05) is 0 Å². The molecular formula is C52H33N5. The number of aromatic nitrogens is 5. The van der Waals surface area contributed by atoms with Crippen molar-refractivity contribution in [3.05, 3.63) is 211 Å². The van der Waals surface area contributed by atoms with Crippen LogP contribution in [0.1, 0.15) is 17.7 Å². The van der Waals surface area contributed by atoms with Crippen LogP contribution in [0.5, 0.6) is 0 Å². The van der Waals surface area contributed by atoms with Crippen LogP contribution in [-0.2, 0) is 0 Å². The lowest BCUT2D eigenvalue weighted by molar-refractivity contribution is 1.07. The van der Waals surface area contributed by atoms with Gasteiger partial charge in [-0.25, -0.2) is 24.9 Å². The molecule has 0 amide bonds. The summed E-state index contributed by atoms with van der Waals surface area (Å²) in [5.41, 5.74) is 12.5. The first-order chi connectivity index (χ1) is 28.2. The van der Waals surface area contributed by atoms with Gasteiger partial charge in [-0.2, -0.15) is 0 Å². The van der Waals surface area contributed by atoms with E-state index >= 15 is 0 Å². The molecule has 10 rings (SSSR count). The lowest BCUT2D eigenvalue weighted by atomic mass is 9.96. The predicted molar refractivity (Wildman–Crippen MR) is 231 cm³/mol. The van der Waals surface area contributed by atoms with Gasteiger partial charge in [-0.15, -0.1) is 0 Å². The van der Waals surface area contributed by atoms with Gasteiger partial charge in [-0.1, -0.05) is 176 Å². The van der Waals surface area contributed by atoms with Gasteiger partial charge in [0, 0.05) is 27.6 Å². The maximum atomic E-state index is 5.35. The quantitative estimate of drug-likeness (QED) is 0.164. The third kappa shape index (κ3) is 6.77. The average Bonchev–Trinajstić information content (AvgIpc) is 3.56. The molecule has 57 heavy (non-hydrogen) atoms. The van der Waals surface area contributed by atoms with E-state index in [0.717, 1.165) is 89.7 Å². The molecule has 9 aromatic rings. The van der Waals surface area contributed by atoms with Crippen molar-refractivity contribution in [1.82, 2.24) is 24.9 Å². The maximum absolute atomic E-state index is 5.35. The van der Waals surface area contributed by atoms with E-state index in [-0.39, 0.29) is 0 Å². The second-order valence-corrected chi connectivity index (χ2v) is 13.9. The van der Waals surface area contributed by atoms with Crippen LogP contribution in [0.15, 0.2) is 188 Å². The summed E-state index contributed by atoms with van der Waals surface area (Å²) < 4.78 is 0. The molecule has 0 saturated heterocycles. The second kappa shape index (κ2) is 14.8. The Balaban J connectivity index is 1.03. The van der Waals surface area contributed by atoms with Gasteiger partial charge in [0.2, 0.25) is 0 Å². The van der Waals surface area contributed by atoms with E-state index in [1.54, 1.807) is 0 Å². The van der Waals surface area contributed by atoms with Gasteiger partial charge in [-0.05, 0) is 58.5 Å². The summed E-state index contributed by atoms with van der Waals surface area (Å²) in [6.45, 7) is 0. The Morgan fingerprint density at radius 3 is 1.60 bits per heavy atom. The van der Waals surface area contributed by atoms with Crippen LogP contribution in [0.4, 0.5) is 0 Å². The first-order valence-corrected chi connectivity index (χ1v) is 19.0. The van der Waals surface area contributed by atoms with E-state index in [4.69, 9.17) is 24.9 Å². The van der Waals surface area contributed by atoms with Crippen molar-refractivity contribution in [2.24, 2.45) is 0 Å². The molecule has 6 aromatic carbocycles. The zero-order chi connectivity index (χ0) is 38.0. The third-order valence-electron chi connectivity index (χ3n) is 10.2. The standard InChI is InChI=1S/C52H33N5/c1-5-15-36(16-6-1)45-34-47(54-49-44(45)31-29-39-30-32-46(53-48(39)49)37-17-7-2-8-18-37)38-24-13-23-35(27-28-38)42-25-14-26-43(33-42)52-56-50(40-19-9-3-10-20-40)55-51(57-52)41-21-11-4-12-22-41/h1-12,14-29,31,33-34H,13H2. The van der Waals surface area contributed by atoms with Crippen molar-refractivity contribution in [3.8, 4) is 56.5 Å². The van der Waals surface area contributed by atoms with Crippen LogP contribution >= 0.6 is 0 Å². The largest absolute Gasteiger partial charge is 0.245 e. The van der Waals surface area contributed by atoms with Crippen LogP contribution in [0.3, 0.4) is 0 Å². The van der Waals surface area contributed by atoms with E-state index in [1.807, 2.05) is 97.1 Å². The number of rotatable bonds is 7. The number of hydrogen-bond donors (Lipinski definition) is 0. The molecular weight excluding hydrogens is 695 g/mol. The molecule has 0 radical (unpaired) electrons. The van der Waals surface area contributed by atoms with E-state index in [0.29, 0.717) is 17.5 Å². The van der Waals surface area contributed by atoms with Crippen molar-refractivity contribution in [2.45, 2.75) is 6.42 Å². The highest BCUT2D eigenvalue weighted by Crippen LogP contribution is 2.36. The molecule has 266 valence electrons. The van der Waals surface area contributed by atoms with Gasteiger partial charge < -0.3 is 0 Å². The van der Waals surface area contributed by atoms with Crippen molar-refractivity contribution >= 4 is 33.0 Å². The molecule has 0 bridgehead atoms. The van der Waals surface area contributed by atoms with Gasteiger partial charge >= 0.3 is 0 Å². The molecule has 0 N–H and O–H groups in total. The van der Waals surface area contributed by atoms with E-state index in [9.17, 15) is 0 Å². The normalized spacial score (nSPS) is 12.5. The summed E-state index contributed by atoms with van der Waals surface area (Å²) in [6, 6.07) is 62.2. The average molecular weight is 728 g/mol. The number of benzene rings is 6. The SMILES string of the molecule is c1c(-c2ccccc2)nc2c(c#1)ccc1c(-c3ccccc3)cc(C3=CCC=C(c4cccc(-c5nc(-c6ccccc6)nc(-c6ccccc6)n5)c4)C=C3)nc12. The van der Waals surface area contributed by atoms with Crippen LogP contribution in [0.25, 0.3) is 89.5 Å². The van der Waals surface area contributed by atoms with Gasteiger partial charge in [0.15, 0.2) is 17.5 Å². The Labute approximate surface area is 331 Å². The Kier molecular flexibility index (Phi) is 8.75. The van der Waals surface area contributed by atoms with E-state index in [1.165, 1.54) is 0 Å². The van der Waals surface area contributed by atoms with Gasteiger partial charge in [0.05, 0.1) is 16.6 Å². The van der Waals surface area contributed by atoms with Gasteiger partial charge in [0.25, 0.3) is 0 Å². The topological polar surface area (TPSA) is 64.5 Å². The van der Waals surface area contributed by atoms with Crippen molar-refractivity contribution < 1.29 is 0 Å². The molecule has 1 aliphatic carbocycles. The van der Waals surface area contributed by atoms with E-state index in [2.05, 4.69) is 103 Å². The highest BCUT2D eigenvalue weighted by Gasteiger charge is 2.16. The van der Waals surface area contributed by atoms with Crippen molar-refractivity contribution in [3.63, 3.8) is 0 Å². The van der Waals surface area contributed by atoms with Crippen LogP contribution in [-0.4, -0.2) is 24.9 Å². The lowest BCUT2D eigenvalue weighted by Gasteiger charge is -2.12. The maximum Gasteiger partial charge on any atom is 0.164 e. The molecule has 0 unspecified atom stereocenters. The number of hydrogen-bond acceptors (Lipinski definition) is 5. The fourth-order valence-corrected chi connectivity index (χ4v) is 7.30. The summed E-state index contributed by atoms with van der Waals surface area (Å²) in [5, 5.41) is 1.92. The minimum absolute atomic E-state index is 0.626. The molecule has 5 heteroatoms. The Hall–Kier alpha value is -7.81. The fraction of sp³-hybridized carbons (Fsp3) is 0.0192. The molecule has 0 atom stereocenters. The first-order valence-electron chi connectivity index (χ1n) is 19.0. The third-order valence-corrected chi connectivity index (χ3v) is 10.2. The zero-order valence-corrected chi connectivity index (χ0v) is 30.8. The summed E-state index contributed by atoms with van der Waals surface area (Å²) >= 11 is 0. The lowest BCUT2D eigenvalue weighted by Crippen LogP contribution is -2.00. The minimum Gasteiger partial charge on any atom is -0.245 e. The van der Waals surface area contributed by atoms with Crippen LogP contribution in [0, 0.1) is 12.1 Å². The first kappa shape index (κ1) is 33.7. The minimum atomic E-state index is 0.626. The molecule has 3 aromatic heterocycles. The van der Waals surface area contributed by atoms with Gasteiger partial charge in [0.1, 0.15) is 11.2 Å². The molecule has 1 aliphatic rings. The fourth-order valence-electron chi connectivity index (χ4n) is 7.30. The summed E-state index contributed by atoms with van der Waals surface area (Å²) in [6.07, 6.45) is 9.59. The number of nitrogens with zero attached hydrogens (tertiary/aromatic N) is 5. The second-order valence-electron chi connectivity index (χ2n) is 13.9. The monoisotopic (exact) mass is 727 g/mol. The highest BCUT2D eigenvalue weighted by atomic mass is 15.0. The predicted octanol–water partition coefficient (Wildman–Crippen LogP) is 12.3. The van der Waals surface area contributed by atoms with Crippen LogP contribution in [0.2, 0.25) is 0 Å². The summed E-state index contributed by atoms with van der Waals surface area (Å²) in [4.78, 5) is 25.3. The van der Waals surface area contributed by atoms with E-state index < -0.39 is 0 Å². The zero-order valence-electron chi connectivity index (χ0n) is 30.8. The summed E-state index contributed by atoms with van der Waals surface area (Å²) in [5.74, 6) is 1.90. The molecule has 0 aliphatic heterocycles. The molecule has 5 nitrogen and oxygen atoms in total. The Bertz CT molecular complexity index is 2950. The molecule has 0 spiro atoms. The highest BCUT2D eigenvalue weighted by molar-refractivity contribution is 6.09. The van der Waals surface area contributed by atoms with Crippen LogP contribution < -0.4 is 0 Å². The van der Waals surface area contributed by atoms with Crippen molar-refractivity contribution in [1.29, 1.82) is 0 Å². The van der Waals surface area contributed by atoms with Gasteiger partial charge in [-0.3, -0.25) is 0 Å². The Morgan fingerprint density at radius 1 is 0.386 bits per heavy atom. The molecule has 3 heterocycles. The molecule has 0 saturated carbocycles. The number of allylic oxidation sites excluding steroid dienone is 6. The number of pyridine rings is 1. The Morgan fingerprint density at radius 2 is 0.930 bits per heavy atom. The molecule has 0 fully saturated rings. The smallest absolute Gasteiger partial charge is 0.164 e.